The first-order chi connectivity index (χ1) is 12.5. The number of halogens is 1. The van der Waals surface area contributed by atoms with Crippen molar-refractivity contribution < 1.29 is 4.79 Å². The number of rotatable bonds is 6. The Bertz CT molecular complexity index is 923. The molecule has 0 bridgehead atoms. The summed E-state index contributed by atoms with van der Waals surface area (Å²) in [5.74, 6) is 0.0256. The Morgan fingerprint density at radius 3 is 2.52 bits per heavy atom. The van der Waals surface area contributed by atoms with Crippen LogP contribution >= 0.6 is 23.7 Å². The highest BCUT2D eigenvalue weighted by Gasteiger charge is 2.22. The van der Waals surface area contributed by atoms with Gasteiger partial charge in [0.2, 0.25) is 0 Å². The lowest BCUT2D eigenvalue weighted by Crippen LogP contribution is -2.33. The van der Waals surface area contributed by atoms with Crippen molar-refractivity contribution in [1.82, 2.24) is 9.88 Å². The minimum Gasteiger partial charge on any atom is -0.309 e. The fourth-order valence-electron chi connectivity index (χ4n) is 2.92. The summed E-state index contributed by atoms with van der Waals surface area (Å²) in [5, 5.41) is 0.776. The van der Waals surface area contributed by atoms with Crippen LogP contribution in [-0.4, -0.2) is 43.0 Å². The highest BCUT2D eigenvalue weighted by molar-refractivity contribution is 7.22. The standard InChI is InChI=1S/C21H25N3OS.ClH/c1-15-10-11-18-19(14-15)26-21(22-18)24(13-7-12-23(3)4)20(25)17-9-6-5-8-16(17)2;/h5-6,8-11,14H,7,12-13H2,1-4H3;1H. The van der Waals surface area contributed by atoms with Gasteiger partial charge >= 0.3 is 0 Å². The molecule has 3 aromatic rings. The van der Waals surface area contributed by atoms with E-state index in [1.807, 2.05) is 56.3 Å². The van der Waals surface area contributed by atoms with Crippen LogP contribution in [0.15, 0.2) is 42.5 Å². The average Bonchev–Trinajstić information content (AvgIpc) is 3.01. The molecule has 0 aliphatic rings. The summed E-state index contributed by atoms with van der Waals surface area (Å²) in [6.07, 6.45) is 0.902. The number of aryl methyl sites for hydroxylation is 2. The number of aromatic nitrogens is 1. The van der Waals surface area contributed by atoms with E-state index in [4.69, 9.17) is 4.98 Å². The third kappa shape index (κ3) is 5.06. The Balaban J connectivity index is 0.00000261. The SMILES string of the molecule is Cc1ccc2nc(N(CCCN(C)C)C(=O)c3ccccc3C)sc2c1.Cl. The quantitative estimate of drug-likeness (QED) is 0.585. The van der Waals surface area contributed by atoms with E-state index in [2.05, 4.69) is 24.0 Å². The molecule has 0 saturated heterocycles. The summed E-state index contributed by atoms with van der Waals surface area (Å²) in [7, 11) is 4.10. The van der Waals surface area contributed by atoms with Crippen molar-refractivity contribution in [1.29, 1.82) is 0 Å². The van der Waals surface area contributed by atoms with Crippen LogP contribution in [0, 0.1) is 13.8 Å². The molecular formula is C21H26ClN3OS. The van der Waals surface area contributed by atoms with Gasteiger partial charge < -0.3 is 4.90 Å². The van der Waals surface area contributed by atoms with Crippen molar-refractivity contribution in [2.75, 3.05) is 32.1 Å². The van der Waals surface area contributed by atoms with Crippen LogP contribution in [0.2, 0.25) is 0 Å². The van der Waals surface area contributed by atoms with Crippen molar-refractivity contribution in [3.8, 4) is 0 Å². The lowest BCUT2D eigenvalue weighted by Gasteiger charge is -2.21. The molecule has 0 aliphatic heterocycles. The predicted octanol–water partition coefficient (Wildman–Crippen LogP) is 4.93. The zero-order chi connectivity index (χ0) is 18.7. The highest BCUT2D eigenvalue weighted by atomic mass is 35.5. The first-order valence-corrected chi connectivity index (χ1v) is 9.67. The Kier molecular flexibility index (Phi) is 7.36. The summed E-state index contributed by atoms with van der Waals surface area (Å²) in [5.41, 5.74) is 3.89. The molecule has 0 aliphatic carbocycles. The number of nitrogens with zero attached hydrogens (tertiary/aromatic N) is 3. The van der Waals surface area contributed by atoms with Crippen LogP contribution < -0.4 is 4.90 Å². The zero-order valence-corrected chi connectivity index (χ0v) is 17.9. The van der Waals surface area contributed by atoms with Crippen LogP contribution in [0.5, 0.6) is 0 Å². The van der Waals surface area contributed by atoms with Crippen molar-refractivity contribution in [3.05, 3.63) is 59.2 Å². The van der Waals surface area contributed by atoms with E-state index in [0.717, 1.165) is 39.4 Å². The summed E-state index contributed by atoms with van der Waals surface area (Å²) in [6.45, 7) is 5.64. The summed E-state index contributed by atoms with van der Waals surface area (Å²) in [6, 6.07) is 14.0. The molecule has 0 saturated carbocycles. The molecule has 6 heteroatoms. The minimum atomic E-state index is 0. The van der Waals surface area contributed by atoms with E-state index in [0.29, 0.717) is 6.54 Å². The van der Waals surface area contributed by atoms with Gasteiger partial charge in [0, 0.05) is 12.1 Å². The van der Waals surface area contributed by atoms with E-state index in [9.17, 15) is 4.79 Å². The summed E-state index contributed by atoms with van der Waals surface area (Å²) < 4.78 is 1.12. The maximum atomic E-state index is 13.3. The highest BCUT2D eigenvalue weighted by Crippen LogP contribution is 2.31. The van der Waals surface area contributed by atoms with Gasteiger partial charge in [0.25, 0.3) is 5.91 Å². The molecule has 3 rings (SSSR count). The predicted molar refractivity (Wildman–Crippen MR) is 118 cm³/mol. The molecule has 27 heavy (non-hydrogen) atoms. The topological polar surface area (TPSA) is 36.4 Å². The van der Waals surface area contributed by atoms with Gasteiger partial charge in [-0.2, -0.15) is 0 Å². The molecule has 0 fully saturated rings. The number of hydrogen-bond acceptors (Lipinski definition) is 4. The second-order valence-electron chi connectivity index (χ2n) is 6.90. The van der Waals surface area contributed by atoms with Gasteiger partial charge in [-0.1, -0.05) is 35.6 Å². The molecule has 1 heterocycles. The van der Waals surface area contributed by atoms with Crippen molar-refractivity contribution in [2.24, 2.45) is 0 Å². The van der Waals surface area contributed by atoms with Crippen LogP contribution in [0.1, 0.15) is 27.9 Å². The second-order valence-corrected chi connectivity index (χ2v) is 7.91. The number of anilines is 1. The molecule has 1 aromatic heterocycles. The molecule has 4 nitrogen and oxygen atoms in total. The fraction of sp³-hybridized carbons (Fsp3) is 0.333. The first-order valence-electron chi connectivity index (χ1n) is 8.85. The van der Waals surface area contributed by atoms with Gasteiger partial charge in [0.05, 0.1) is 10.2 Å². The number of fused-ring (bicyclic) bond motifs is 1. The maximum absolute atomic E-state index is 13.3. The van der Waals surface area contributed by atoms with Gasteiger partial charge in [-0.25, -0.2) is 4.98 Å². The lowest BCUT2D eigenvalue weighted by molar-refractivity contribution is 0.0985. The van der Waals surface area contributed by atoms with E-state index >= 15 is 0 Å². The summed E-state index contributed by atoms with van der Waals surface area (Å²) in [4.78, 5) is 22.0. The number of thiazole rings is 1. The third-order valence-corrected chi connectivity index (χ3v) is 5.41. The molecule has 1 amide bonds. The zero-order valence-electron chi connectivity index (χ0n) is 16.2. The molecule has 0 atom stereocenters. The van der Waals surface area contributed by atoms with Gasteiger partial charge in [-0.3, -0.25) is 9.69 Å². The first kappa shape index (κ1) is 21.4. The normalized spacial score (nSPS) is 10.9. The van der Waals surface area contributed by atoms with Gasteiger partial charge in [0.15, 0.2) is 5.13 Å². The Labute approximate surface area is 171 Å². The van der Waals surface area contributed by atoms with Crippen LogP contribution in [0.25, 0.3) is 10.2 Å². The van der Waals surface area contributed by atoms with Crippen LogP contribution in [0.3, 0.4) is 0 Å². The Hall–Kier alpha value is -1.95. The van der Waals surface area contributed by atoms with E-state index in [-0.39, 0.29) is 18.3 Å². The van der Waals surface area contributed by atoms with E-state index < -0.39 is 0 Å². The molecule has 0 N–H and O–H groups in total. The molecule has 0 radical (unpaired) electrons. The average molecular weight is 404 g/mol. The number of carbonyl (C=O) groups excluding carboxylic acids is 1. The van der Waals surface area contributed by atoms with E-state index in [1.54, 1.807) is 11.3 Å². The van der Waals surface area contributed by atoms with Crippen molar-refractivity contribution >= 4 is 45.0 Å². The Morgan fingerprint density at radius 1 is 1.07 bits per heavy atom. The molecule has 2 aromatic carbocycles. The van der Waals surface area contributed by atoms with Gasteiger partial charge in [-0.15, -0.1) is 12.4 Å². The number of amides is 1. The fourth-order valence-corrected chi connectivity index (χ4v) is 4.01. The molecule has 0 unspecified atom stereocenters. The van der Waals surface area contributed by atoms with E-state index in [1.165, 1.54) is 5.56 Å². The number of carbonyl (C=O) groups is 1. The number of hydrogen-bond donors (Lipinski definition) is 0. The van der Waals surface area contributed by atoms with Crippen molar-refractivity contribution in [3.63, 3.8) is 0 Å². The second kappa shape index (κ2) is 9.31. The smallest absolute Gasteiger partial charge is 0.260 e. The Morgan fingerprint density at radius 2 is 1.81 bits per heavy atom. The summed E-state index contributed by atoms with van der Waals surface area (Å²) >= 11 is 1.59. The van der Waals surface area contributed by atoms with Gasteiger partial charge in [0.1, 0.15) is 0 Å². The maximum Gasteiger partial charge on any atom is 0.260 e. The third-order valence-electron chi connectivity index (χ3n) is 4.37. The largest absolute Gasteiger partial charge is 0.309 e. The molecule has 144 valence electrons. The van der Waals surface area contributed by atoms with Crippen LogP contribution in [-0.2, 0) is 0 Å². The molecule has 0 spiro atoms. The molecular weight excluding hydrogens is 378 g/mol. The van der Waals surface area contributed by atoms with Crippen molar-refractivity contribution in [2.45, 2.75) is 20.3 Å². The van der Waals surface area contributed by atoms with Crippen LogP contribution in [0.4, 0.5) is 5.13 Å². The lowest BCUT2D eigenvalue weighted by atomic mass is 10.1. The number of benzene rings is 2. The van der Waals surface area contributed by atoms with Gasteiger partial charge in [-0.05, 0) is 70.2 Å². The minimum absolute atomic E-state index is 0. The monoisotopic (exact) mass is 403 g/mol.